The van der Waals surface area contributed by atoms with E-state index in [2.05, 4.69) is 31.3 Å². The van der Waals surface area contributed by atoms with Gasteiger partial charge in [-0.25, -0.2) is 4.98 Å². The van der Waals surface area contributed by atoms with Crippen molar-refractivity contribution in [2.75, 3.05) is 18.5 Å². The first-order valence-electron chi connectivity index (χ1n) is 13.3. The highest BCUT2D eigenvalue weighted by atomic mass is 79.9. The van der Waals surface area contributed by atoms with Gasteiger partial charge in [-0.05, 0) is 56.2 Å². The van der Waals surface area contributed by atoms with Crippen LogP contribution in [0.25, 0.3) is 10.9 Å². The SMILES string of the molecule is CCOc1cc(C=Nn2c([C@@H](C)CC)nc3ccc(Br)cc3c2=O)cc([N+](=O)[O-])c1OCC(=O)Nc1ccccc1C. The number of para-hydroxylation sites is 1. The van der Waals surface area contributed by atoms with E-state index in [1.54, 1.807) is 31.2 Å². The Morgan fingerprint density at radius 1 is 1.19 bits per heavy atom. The van der Waals surface area contributed by atoms with Crippen LogP contribution in [0.5, 0.6) is 11.5 Å². The van der Waals surface area contributed by atoms with E-state index in [1.165, 1.54) is 23.0 Å². The van der Waals surface area contributed by atoms with Gasteiger partial charge < -0.3 is 14.8 Å². The highest BCUT2D eigenvalue weighted by Gasteiger charge is 2.24. The van der Waals surface area contributed by atoms with Crippen molar-refractivity contribution < 1.29 is 19.2 Å². The summed E-state index contributed by atoms with van der Waals surface area (Å²) in [6.45, 7) is 7.20. The molecule has 0 radical (unpaired) electrons. The van der Waals surface area contributed by atoms with Crippen molar-refractivity contribution in [1.82, 2.24) is 9.66 Å². The second kappa shape index (κ2) is 13.4. The molecule has 1 aromatic heterocycles. The van der Waals surface area contributed by atoms with Crippen LogP contribution in [0.3, 0.4) is 0 Å². The first-order valence-corrected chi connectivity index (χ1v) is 14.1. The Labute approximate surface area is 250 Å². The fraction of sp³-hybridized carbons (Fsp3) is 0.267. The van der Waals surface area contributed by atoms with Gasteiger partial charge in [-0.3, -0.25) is 19.7 Å². The number of hydrogen-bond donors (Lipinski definition) is 1. The highest BCUT2D eigenvalue weighted by molar-refractivity contribution is 9.10. The molecule has 1 amide bonds. The van der Waals surface area contributed by atoms with Crippen LogP contribution in [0, 0.1) is 17.0 Å². The Kier molecular flexibility index (Phi) is 9.68. The van der Waals surface area contributed by atoms with E-state index in [-0.39, 0.29) is 29.6 Å². The van der Waals surface area contributed by atoms with Gasteiger partial charge in [0, 0.05) is 27.7 Å². The van der Waals surface area contributed by atoms with Crippen molar-refractivity contribution in [1.29, 1.82) is 0 Å². The molecule has 1 heterocycles. The maximum absolute atomic E-state index is 13.4. The zero-order valence-electron chi connectivity index (χ0n) is 23.6. The number of fused-ring (bicyclic) bond motifs is 1. The summed E-state index contributed by atoms with van der Waals surface area (Å²) >= 11 is 3.39. The fourth-order valence-corrected chi connectivity index (χ4v) is 4.53. The summed E-state index contributed by atoms with van der Waals surface area (Å²) in [7, 11) is 0. The normalized spacial score (nSPS) is 11.9. The molecule has 42 heavy (non-hydrogen) atoms. The number of nitrogens with one attached hydrogen (secondary N) is 1. The van der Waals surface area contributed by atoms with Gasteiger partial charge in [-0.2, -0.15) is 9.78 Å². The number of halogens is 1. The predicted molar refractivity (Wildman–Crippen MR) is 165 cm³/mol. The fourth-order valence-electron chi connectivity index (χ4n) is 4.17. The van der Waals surface area contributed by atoms with Crippen LogP contribution in [0.1, 0.15) is 50.1 Å². The predicted octanol–water partition coefficient (Wildman–Crippen LogP) is 6.19. The van der Waals surface area contributed by atoms with E-state index in [0.29, 0.717) is 34.4 Å². The minimum atomic E-state index is -0.625. The number of ether oxygens (including phenoxy) is 2. The van der Waals surface area contributed by atoms with E-state index >= 15 is 0 Å². The topological polar surface area (TPSA) is 138 Å². The number of hydrogen-bond acceptors (Lipinski definition) is 8. The molecule has 1 atom stereocenters. The molecule has 0 spiro atoms. The lowest BCUT2D eigenvalue weighted by atomic mass is 10.1. The standard InChI is InChI=1S/C30H30BrN5O6/c1-5-18(3)29-34-24-12-11-21(31)15-22(24)30(38)35(29)32-16-20-13-25(36(39)40)28(26(14-20)41-6-2)42-17-27(37)33-23-10-8-7-9-19(23)4/h7-16,18H,5-6,17H2,1-4H3,(H,33,37)/t18-/m0/s1. The van der Waals surface area contributed by atoms with Crippen molar-refractivity contribution in [3.05, 3.63) is 96.5 Å². The first-order chi connectivity index (χ1) is 20.1. The zero-order valence-corrected chi connectivity index (χ0v) is 25.2. The molecule has 11 nitrogen and oxygen atoms in total. The second-order valence-corrected chi connectivity index (χ2v) is 10.4. The van der Waals surface area contributed by atoms with Crippen molar-refractivity contribution in [3.63, 3.8) is 0 Å². The summed E-state index contributed by atoms with van der Waals surface area (Å²) in [5.74, 6) is -0.231. The van der Waals surface area contributed by atoms with E-state index in [1.807, 2.05) is 39.0 Å². The van der Waals surface area contributed by atoms with Gasteiger partial charge in [0.15, 0.2) is 12.4 Å². The Morgan fingerprint density at radius 2 is 1.95 bits per heavy atom. The molecule has 1 N–H and O–H groups in total. The number of benzene rings is 3. The van der Waals surface area contributed by atoms with Crippen LogP contribution in [-0.4, -0.2) is 39.9 Å². The van der Waals surface area contributed by atoms with Crippen molar-refractivity contribution >= 4 is 50.3 Å². The number of carbonyl (C=O) groups is 1. The second-order valence-electron chi connectivity index (χ2n) is 9.51. The Balaban J connectivity index is 1.71. The highest BCUT2D eigenvalue weighted by Crippen LogP contribution is 2.38. The number of nitro benzene ring substituents is 1. The number of amides is 1. The summed E-state index contributed by atoms with van der Waals surface area (Å²) in [6, 6.07) is 15.2. The third kappa shape index (κ3) is 6.82. The number of nitro groups is 1. The number of carbonyl (C=O) groups excluding carboxylic acids is 1. The lowest BCUT2D eigenvalue weighted by Gasteiger charge is -2.15. The number of aromatic nitrogens is 2. The summed E-state index contributed by atoms with van der Waals surface area (Å²) in [5, 5.41) is 19.6. The van der Waals surface area contributed by atoms with Crippen LogP contribution < -0.4 is 20.3 Å². The molecule has 0 unspecified atom stereocenters. The van der Waals surface area contributed by atoms with Gasteiger partial charge in [0.2, 0.25) is 5.75 Å². The lowest BCUT2D eigenvalue weighted by Crippen LogP contribution is -2.23. The molecule has 218 valence electrons. The van der Waals surface area contributed by atoms with E-state index in [0.717, 1.165) is 10.0 Å². The molecule has 12 heteroatoms. The van der Waals surface area contributed by atoms with Crippen LogP contribution in [-0.2, 0) is 4.79 Å². The van der Waals surface area contributed by atoms with Crippen molar-refractivity contribution in [3.8, 4) is 11.5 Å². The molecule has 4 rings (SSSR count). The minimum Gasteiger partial charge on any atom is -0.490 e. The summed E-state index contributed by atoms with van der Waals surface area (Å²) in [5.41, 5.74) is 1.53. The summed E-state index contributed by atoms with van der Waals surface area (Å²) in [4.78, 5) is 42.1. The molecule has 0 saturated heterocycles. The van der Waals surface area contributed by atoms with Crippen LogP contribution >= 0.6 is 15.9 Å². The monoisotopic (exact) mass is 635 g/mol. The average molecular weight is 637 g/mol. The molecule has 0 aliphatic rings. The van der Waals surface area contributed by atoms with Gasteiger partial charge >= 0.3 is 5.69 Å². The van der Waals surface area contributed by atoms with Crippen molar-refractivity contribution in [2.24, 2.45) is 5.10 Å². The zero-order chi connectivity index (χ0) is 30.4. The van der Waals surface area contributed by atoms with Gasteiger partial charge in [-0.1, -0.05) is 48.0 Å². The molecule has 0 bridgehead atoms. The van der Waals surface area contributed by atoms with Crippen molar-refractivity contribution in [2.45, 2.75) is 40.0 Å². The number of aryl methyl sites for hydroxylation is 1. The van der Waals surface area contributed by atoms with Crippen LogP contribution in [0.15, 0.2) is 69.0 Å². The average Bonchev–Trinajstić information content (AvgIpc) is 2.97. The Bertz CT molecular complexity index is 1740. The van der Waals surface area contributed by atoms with E-state index < -0.39 is 23.1 Å². The van der Waals surface area contributed by atoms with E-state index in [9.17, 15) is 19.7 Å². The molecule has 0 aliphatic carbocycles. The van der Waals surface area contributed by atoms with Gasteiger partial charge in [-0.15, -0.1) is 0 Å². The number of nitrogens with zero attached hydrogens (tertiary/aromatic N) is 4. The maximum atomic E-state index is 13.4. The largest absolute Gasteiger partial charge is 0.490 e. The maximum Gasteiger partial charge on any atom is 0.315 e. The molecule has 3 aromatic carbocycles. The van der Waals surface area contributed by atoms with E-state index in [4.69, 9.17) is 9.47 Å². The molecule has 0 fully saturated rings. The summed E-state index contributed by atoms with van der Waals surface area (Å²) < 4.78 is 13.2. The molecular weight excluding hydrogens is 606 g/mol. The van der Waals surface area contributed by atoms with Gasteiger partial charge in [0.05, 0.1) is 28.6 Å². The minimum absolute atomic E-state index is 0.0619. The lowest BCUT2D eigenvalue weighted by molar-refractivity contribution is -0.385. The Morgan fingerprint density at radius 3 is 2.64 bits per heavy atom. The first kappa shape index (κ1) is 30.4. The molecular formula is C30H30BrN5O6. The number of rotatable bonds is 11. The van der Waals surface area contributed by atoms with Gasteiger partial charge in [0.1, 0.15) is 5.82 Å². The molecule has 4 aromatic rings. The molecule has 0 saturated carbocycles. The number of anilines is 1. The quantitative estimate of drug-likeness (QED) is 0.118. The third-order valence-electron chi connectivity index (χ3n) is 6.53. The molecule has 0 aliphatic heterocycles. The Hall–Kier alpha value is -4.58. The van der Waals surface area contributed by atoms with Crippen LogP contribution in [0.2, 0.25) is 0 Å². The van der Waals surface area contributed by atoms with Crippen LogP contribution in [0.4, 0.5) is 11.4 Å². The summed E-state index contributed by atoms with van der Waals surface area (Å²) in [6.07, 6.45) is 2.05. The smallest absolute Gasteiger partial charge is 0.315 e. The third-order valence-corrected chi connectivity index (χ3v) is 7.02. The van der Waals surface area contributed by atoms with Gasteiger partial charge in [0.25, 0.3) is 11.5 Å².